The molecule has 1 unspecified atom stereocenters. The first-order valence-electron chi connectivity index (χ1n) is 5.79. The van der Waals surface area contributed by atoms with Gasteiger partial charge in [-0.15, -0.1) is 0 Å². The third kappa shape index (κ3) is 3.82. The van der Waals surface area contributed by atoms with E-state index in [1.54, 1.807) is 24.3 Å². The monoisotopic (exact) mass is 338 g/mol. The second-order valence-corrected chi connectivity index (χ2v) is 5.63. The van der Waals surface area contributed by atoms with E-state index in [2.05, 4.69) is 15.9 Å². The Morgan fingerprint density at radius 1 is 1.21 bits per heavy atom. The number of benzene rings is 2. The fourth-order valence-corrected chi connectivity index (χ4v) is 2.62. The molecule has 0 aliphatic carbocycles. The molecule has 1 atom stereocenters. The zero-order chi connectivity index (χ0) is 13.8. The third-order valence-corrected chi connectivity index (χ3v) is 3.61. The Balaban J connectivity index is 2.29. The van der Waals surface area contributed by atoms with E-state index in [1.807, 2.05) is 24.3 Å². The summed E-state index contributed by atoms with van der Waals surface area (Å²) in [7, 11) is 0. The van der Waals surface area contributed by atoms with Gasteiger partial charge >= 0.3 is 5.97 Å². The molecule has 0 saturated carbocycles. The summed E-state index contributed by atoms with van der Waals surface area (Å²) in [5.41, 5.74) is 1.70. The minimum Gasteiger partial charge on any atom is -0.481 e. The summed E-state index contributed by atoms with van der Waals surface area (Å²) in [6.45, 7) is 0. The summed E-state index contributed by atoms with van der Waals surface area (Å²) in [6, 6.07) is 14.7. The maximum absolute atomic E-state index is 11.4. The van der Waals surface area contributed by atoms with E-state index >= 15 is 0 Å². The first-order chi connectivity index (χ1) is 9.06. The lowest BCUT2D eigenvalue weighted by Crippen LogP contribution is -2.14. The van der Waals surface area contributed by atoms with E-state index in [1.165, 1.54) is 0 Å². The van der Waals surface area contributed by atoms with Crippen LogP contribution in [0, 0.1) is 0 Å². The Hall–Kier alpha value is -1.32. The summed E-state index contributed by atoms with van der Waals surface area (Å²) in [5, 5.41) is 9.95. The summed E-state index contributed by atoms with van der Waals surface area (Å²) in [5.74, 6) is -1.43. The molecule has 0 aromatic heterocycles. The molecule has 19 heavy (non-hydrogen) atoms. The van der Waals surface area contributed by atoms with Gasteiger partial charge in [0.2, 0.25) is 0 Å². The summed E-state index contributed by atoms with van der Waals surface area (Å²) in [6.07, 6.45) is 0.440. The van der Waals surface area contributed by atoms with Gasteiger partial charge in [0, 0.05) is 9.50 Å². The van der Waals surface area contributed by atoms with Crippen molar-refractivity contribution in [3.8, 4) is 0 Å². The van der Waals surface area contributed by atoms with Crippen LogP contribution in [0.1, 0.15) is 17.0 Å². The maximum atomic E-state index is 11.4. The minimum atomic E-state index is -0.845. The van der Waals surface area contributed by atoms with Crippen LogP contribution in [0.3, 0.4) is 0 Å². The van der Waals surface area contributed by atoms with Crippen molar-refractivity contribution >= 4 is 33.5 Å². The van der Waals surface area contributed by atoms with Gasteiger partial charge in [0.25, 0.3) is 0 Å². The molecule has 0 spiro atoms. The van der Waals surface area contributed by atoms with Crippen molar-refractivity contribution in [3.63, 3.8) is 0 Å². The van der Waals surface area contributed by atoms with Crippen molar-refractivity contribution < 1.29 is 9.90 Å². The molecule has 4 heteroatoms. The van der Waals surface area contributed by atoms with Crippen LogP contribution in [0.15, 0.2) is 53.0 Å². The molecule has 2 aromatic rings. The molecule has 0 fully saturated rings. The van der Waals surface area contributed by atoms with Gasteiger partial charge in [-0.05, 0) is 41.8 Å². The number of halogens is 2. The van der Waals surface area contributed by atoms with E-state index in [-0.39, 0.29) is 0 Å². The van der Waals surface area contributed by atoms with Crippen LogP contribution in [0.25, 0.3) is 0 Å². The molecule has 0 aliphatic rings. The average molecular weight is 340 g/mol. The zero-order valence-corrected chi connectivity index (χ0v) is 12.4. The van der Waals surface area contributed by atoms with Gasteiger partial charge in [-0.25, -0.2) is 0 Å². The molecule has 0 bridgehead atoms. The van der Waals surface area contributed by atoms with Crippen molar-refractivity contribution in [2.75, 3.05) is 0 Å². The number of carbonyl (C=O) groups is 1. The van der Waals surface area contributed by atoms with Crippen LogP contribution in [-0.4, -0.2) is 11.1 Å². The van der Waals surface area contributed by atoms with Gasteiger partial charge in [-0.1, -0.05) is 51.8 Å². The van der Waals surface area contributed by atoms with Crippen molar-refractivity contribution in [1.82, 2.24) is 0 Å². The van der Waals surface area contributed by atoms with Crippen molar-refractivity contribution in [2.24, 2.45) is 0 Å². The number of hydrogen-bond donors (Lipinski definition) is 1. The van der Waals surface area contributed by atoms with Crippen LogP contribution >= 0.6 is 27.5 Å². The highest BCUT2D eigenvalue weighted by atomic mass is 79.9. The third-order valence-electron chi connectivity index (χ3n) is 2.88. The first-order valence-corrected chi connectivity index (χ1v) is 6.96. The quantitative estimate of drug-likeness (QED) is 0.889. The smallest absolute Gasteiger partial charge is 0.311 e. The average Bonchev–Trinajstić information content (AvgIpc) is 2.35. The molecule has 0 amide bonds. The molecule has 2 rings (SSSR count). The largest absolute Gasteiger partial charge is 0.481 e. The second kappa shape index (κ2) is 6.22. The Morgan fingerprint density at radius 2 is 1.95 bits per heavy atom. The van der Waals surface area contributed by atoms with Gasteiger partial charge in [0.15, 0.2) is 0 Å². The summed E-state index contributed by atoms with van der Waals surface area (Å²) < 4.78 is 0.945. The van der Waals surface area contributed by atoms with E-state index in [0.717, 1.165) is 15.6 Å². The Bertz CT molecular complexity index is 598. The van der Waals surface area contributed by atoms with Crippen molar-refractivity contribution in [2.45, 2.75) is 12.3 Å². The van der Waals surface area contributed by atoms with Crippen LogP contribution in [-0.2, 0) is 11.2 Å². The predicted octanol–water partition coefficient (Wildman–Crippen LogP) is 4.51. The van der Waals surface area contributed by atoms with Crippen molar-refractivity contribution in [3.05, 3.63) is 69.2 Å². The van der Waals surface area contributed by atoms with Crippen LogP contribution in [0.4, 0.5) is 0 Å². The lowest BCUT2D eigenvalue weighted by Gasteiger charge is -2.13. The predicted molar refractivity (Wildman–Crippen MR) is 79.7 cm³/mol. The fraction of sp³-hybridized carbons (Fsp3) is 0.133. The summed E-state index contributed by atoms with van der Waals surface area (Å²) >= 11 is 9.31. The highest BCUT2D eigenvalue weighted by molar-refractivity contribution is 9.10. The number of carboxylic acid groups (broad SMARTS) is 1. The van der Waals surface area contributed by atoms with Crippen molar-refractivity contribution in [1.29, 1.82) is 0 Å². The number of rotatable bonds is 4. The SMILES string of the molecule is O=C(O)C(Cc1cccc(Br)c1)c1cccc(Cl)c1. The van der Waals surface area contributed by atoms with E-state index in [0.29, 0.717) is 11.4 Å². The Kier molecular flexibility index (Phi) is 4.61. The standard InChI is InChI=1S/C15H12BrClO2/c16-12-5-1-3-10(7-12)8-14(15(18)19)11-4-2-6-13(17)9-11/h1-7,9,14H,8H2,(H,18,19). The Labute approximate surface area is 125 Å². The first kappa shape index (κ1) is 14.1. The zero-order valence-electron chi connectivity index (χ0n) is 10.0. The molecule has 98 valence electrons. The van der Waals surface area contributed by atoms with Gasteiger partial charge in [-0.2, -0.15) is 0 Å². The molecule has 1 N–H and O–H groups in total. The highest BCUT2D eigenvalue weighted by Crippen LogP contribution is 2.25. The molecule has 2 aromatic carbocycles. The molecular formula is C15H12BrClO2. The van der Waals surface area contributed by atoms with Gasteiger partial charge in [0.05, 0.1) is 5.92 Å². The van der Waals surface area contributed by atoms with Gasteiger partial charge in [-0.3, -0.25) is 4.79 Å². The second-order valence-electron chi connectivity index (χ2n) is 4.28. The number of hydrogen-bond acceptors (Lipinski definition) is 1. The van der Waals surface area contributed by atoms with E-state index in [9.17, 15) is 9.90 Å². The number of aliphatic carboxylic acids is 1. The van der Waals surface area contributed by atoms with E-state index < -0.39 is 11.9 Å². The summed E-state index contributed by atoms with van der Waals surface area (Å²) in [4.78, 5) is 11.4. The molecule has 0 aliphatic heterocycles. The van der Waals surface area contributed by atoms with Gasteiger partial charge in [0.1, 0.15) is 0 Å². The molecule has 0 radical (unpaired) electrons. The van der Waals surface area contributed by atoms with Crippen LogP contribution in [0.5, 0.6) is 0 Å². The van der Waals surface area contributed by atoms with Crippen LogP contribution < -0.4 is 0 Å². The van der Waals surface area contributed by atoms with E-state index in [4.69, 9.17) is 11.6 Å². The lowest BCUT2D eigenvalue weighted by atomic mass is 9.92. The maximum Gasteiger partial charge on any atom is 0.311 e. The molecule has 0 saturated heterocycles. The lowest BCUT2D eigenvalue weighted by molar-refractivity contribution is -0.138. The normalized spacial score (nSPS) is 12.1. The number of carboxylic acids is 1. The fourth-order valence-electron chi connectivity index (χ4n) is 1.97. The van der Waals surface area contributed by atoms with Crippen LogP contribution in [0.2, 0.25) is 5.02 Å². The Morgan fingerprint density at radius 3 is 2.58 bits per heavy atom. The highest BCUT2D eigenvalue weighted by Gasteiger charge is 2.20. The topological polar surface area (TPSA) is 37.3 Å². The minimum absolute atomic E-state index is 0.440. The molecule has 0 heterocycles. The van der Waals surface area contributed by atoms with Gasteiger partial charge < -0.3 is 5.11 Å². The molecule has 2 nitrogen and oxygen atoms in total. The molecular weight excluding hydrogens is 328 g/mol.